The van der Waals surface area contributed by atoms with Gasteiger partial charge in [-0.2, -0.15) is 0 Å². The summed E-state index contributed by atoms with van der Waals surface area (Å²) in [6.07, 6.45) is 0. The summed E-state index contributed by atoms with van der Waals surface area (Å²) >= 11 is 1.28. The van der Waals surface area contributed by atoms with Crippen LogP contribution in [0.25, 0.3) is 0 Å². The van der Waals surface area contributed by atoms with Crippen molar-refractivity contribution in [2.45, 2.75) is 13.0 Å². The molecule has 0 spiro atoms. The number of carbonyl (C=O) groups is 2. The number of aliphatic carboxylic acids is 1. The molecule has 0 aromatic carbocycles. The van der Waals surface area contributed by atoms with E-state index in [1.54, 1.807) is 0 Å². The molecule has 0 radical (unpaired) electrons. The zero-order valence-electron chi connectivity index (χ0n) is 7.24. The molecule has 0 aliphatic heterocycles. The normalized spacial score (nSPS) is 11.2. The van der Waals surface area contributed by atoms with Crippen LogP contribution in [0, 0.1) is 0 Å². The van der Waals surface area contributed by atoms with Crippen LogP contribution < -0.4 is 11.1 Å². The minimum absolute atomic E-state index is 0. The Morgan fingerprint density at radius 1 is 1.62 bits per heavy atom. The number of thioether (sulfide) groups is 1. The Kier molecular flexibility index (Phi) is 8.87. The third-order valence-electron chi connectivity index (χ3n) is 1.04. The van der Waals surface area contributed by atoms with Gasteiger partial charge in [0.05, 0.1) is 5.88 Å². The van der Waals surface area contributed by atoms with Gasteiger partial charge in [0.25, 0.3) is 0 Å². The molecule has 0 aliphatic rings. The summed E-state index contributed by atoms with van der Waals surface area (Å²) in [6, 6.07) is -0.858. The Labute approximate surface area is 80.2 Å². The Bertz CT molecular complexity index is 176. The number of hydrogen-bond acceptors (Lipinski definition) is 4. The van der Waals surface area contributed by atoms with Gasteiger partial charge in [-0.25, -0.2) is 0 Å². The molecule has 0 saturated carbocycles. The smallest absolute Gasteiger partial charge is 0.321 e. The molecule has 0 rings (SSSR count). The highest BCUT2D eigenvalue weighted by Crippen LogP contribution is 1.98. The molecule has 1 amide bonds. The molecule has 0 saturated heterocycles. The highest BCUT2D eigenvalue weighted by Gasteiger charge is 2.10. The highest BCUT2D eigenvalue weighted by molar-refractivity contribution is 7.99. The lowest BCUT2D eigenvalue weighted by molar-refractivity contribution is -0.137. The number of carboxylic acid groups (broad SMARTS) is 1. The van der Waals surface area contributed by atoms with E-state index in [4.69, 9.17) is 10.8 Å². The third kappa shape index (κ3) is 9.12. The number of nitrogens with one attached hydrogen (secondary N) is 1. The van der Waals surface area contributed by atoms with Gasteiger partial charge in [-0.3, -0.25) is 9.59 Å². The van der Waals surface area contributed by atoms with Gasteiger partial charge in [-0.15, -0.1) is 11.8 Å². The van der Waals surface area contributed by atoms with Gasteiger partial charge in [0.2, 0.25) is 5.91 Å². The van der Waals surface area contributed by atoms with E-state index in [0.717, 1.165) is 0 Å². The molecule has 78 valence electrons. The summed E-state index contributed by atoms with van der Waals surface area (Å²) < 4.78 is 0. The first-order valence-electron chi connectivity index (χ1n) is 3.34. The van der Waals surface area contributed by atoms with E-state index >= 15 is 0 Å². The van der Waals surface area contributed by atoms with Crippen LogP contribution in [0.15, 0.2) is 0 Å². The predicted octanol–water partition coefficient (Wildman–Crippen LogP) is -1.60. The fourth-order valence-corrected chi connectivity index (χ4v) is 1.23. The number of hydrogen-bond donors (Lipinski definition) is 3. The van der Waals surface area contributed by atoms with Crippen molar-refractivity contribution >= 4 is 23.6 Å². The second-order valence-electron chi connectivity index (χ2n) is 2.19. The maximum absolute atomic E-state index is 10.4. The quantitative estimate of drug-likeness (QED) is 0.372. The summed E-state index contributed by atoms with van der Waals surface area (Å²) in [5.74, 6) is -0.455. The van der Waals surface area contributed by atoms with Crippen LogP contribution >= 0.6 is 11.8 Å². The zero-order chi connectivity index (χ0) is 9.56. The van der Waals surface area contributed by atoms with E-state index in [1.165, 1.54) is 18.7 Å². The largest absolute Gasteiger partial charge is 0.480 e. The van der Waals surface area contributed by atoms with Crippen LogP contribution in [-0.2, 0) is 9.59 Å². The minimum atomic E-state index is -1.02. The van der Waals surface area contributed by atoms with Gasteiger partial charge in [-0.1, -0.05) is 0 Å². The van der Waals surface area contributed by atoms with Gasteiger partial charge < -0.3 is 21.6 Å². The van der Waals surface area contributed by atoms with Crippen LogP contribution in [0.3, 0.4) is 0 Å². The van der Waals surface area contributed by atoms with E-state index in [2.05, 4.69) is 5.32 Å². The lowest BCUT2D eigenvalue weighted by atomic mass is 10.4. The van der Waals surface area contributed by atoms with E-state index < -0.39 is 12.0 Å². The second kappa shape index (κ2) is 7.84. The molecule has 6 N–H and O–H groups in total. The lowest BCUT2D eigenvalue weighted by Gasteiger charge is -2.05. The molecule has 7 heteroatoms. The maximum Gasteiger partial charge on any atom is 0.321 e. The van der Waals surface area contributed by atoms with Crippen molar-refractivity contribution in [3.8, 4) is 0 Å². The molecule has 0 aromatic heterocycles. The molecule has 1 atom stereocenters. The van der Waals surface area contributed by atoms with Crippen LogP contribution in [0.5, 0.6) is 0 Å². The van der Waals surface area contributed by atoms with Crippen LogP contribution in [0.1, 0.15) is 6.92 Å². The van der Waals surface area contributed by atoms with Gasteiger partial charge in [-0.05, 0) is 0 Å². The van der Waals surface area contributed by atoms with Crippen LogP contribution in [-0.4, -0.2) is 40.1 Å². The molecular weight excluding hydrogens is 196 g/mol. The van der Waals surface area contributed by atoms with Crippen molar-refractivity contribution in [3.05, 3.63) is 0 Å². The number of amides is 1. The average Bonchev–Trinajstić information content (AvgIpc) is 1.97. The Hall–Kier alpha value is -0.790. The number of nitrogens with two attached hydrogens (primary N) is 1. The summed E-state index contributed by atoms with van der Waals surface area (Å²) in [4.78, 5) is 20.6. The molecule has 0 bridgehead atoms. The third-order valence-corrected chi connectivity index (χ3v) is 1.98. The fraction of sp³-hybridized carbons (Fsp3) is 0.667. The topological polar surface area (TPSA) is 124 Å². The number of carbonyl (C=O) groups excluding carboxylic acids is 1. The molecule has 0 aromatic rings. The highest BCUT2D eigenvalue weighted by atomic mass is 32.2. The van der Waals surface area contributed by atoms with Crippen LogP contribution in [0.4, 0.5) is 0 Å². The van der Waals surface area contributed by atoms with Crippen molar-refractivity contribution in [1.29, 1.82) is 0 Å². The van der Waals surface area contributed by atoms with E-state index in [9.17, 15) is 9.59 Å². The van der Waals surface area contributed by atoms with Crippen molar-refractivity contribution in [2.75, 3.05) is 11.6 Å². The summed E-state index contributed by atoms with van der Waals surface area (Å²) in [6.45, 7) is 1.40. The Balaban J connectivity index is 0. The van der Waals surface area contributed by atoms with E-state index in [-0.39, 0.29) is 11.4 Å². The summed E-state index contributed by atoms with van der Waals surface area (Å²) in [5.41, 5.74) is 5.20. The molecule has 0 aliphatic carbocycles. The van der Waals surface area contributed by atoms with Crippen molar-refractivity contribution < 1.29 is 20.2 Å². The number of rotatable bonds is 5. The van der Waals surface area contributed by atoms with Crippen LogP contribution in [0.2, 0.25) is 0 Å². The molecular formula is C6H14N2O4S. The summed E-state index contributed by atoms with van der Waals surface area (Å²) in [5, 5.41) is 10.9. The van der Waals surface area contributed by atoms with Gasteiger partial charge in [0.15, 0.2) is 0 Å². The molecule has 0 fully saturated rings. The second-order valence-corrected chi connectivity index (χ2v) is 3.22. The summed E-state index contributed by atoms with van der Waals surface area (Å²) in [7, 11) is 0. The van der Waals surface area contributed by atoms with Gasteiger partial charge >= 0.3 is 5.97 Å². The first-order valence-corrected chi connectivity index (χ1v) is 4.50. The Morgan fingerprint density at radius 2 is 2.15 bits per heavy atom. The van der Waals surface area contributed by atoms with Crippen molar-refractivity contribution in [2.24, 2.45) is 5.73 Å². The van der Waals surface area contributed by atoms with E-state index in [1.807, 2.05) is 0 Å². The molecule has 13 heavy (non-hydrogen) atoms. The van der Waals surface area contributed by atoms with E-state index in [0.29, 0.717) is 11.6 Å². The lowest BCUT2D eigenvalue weighted by Crippen LogP contribution is -2.33. The predicted molar refractivity (Wildman–Crippen MR) is 50.4 cm³/mol. The fourth-order valence-electron chi connectivity index (χ4n) is 0.410. The first kappa shape index (κ1) is 14.7. The number of carboxylic acids is 1. The monoisotopic (exact) mass is 210 g/mol. The SMILES string of the molecule is CC(=O)NCSC[C@@H](N)C(=O)O.O. The average molecular weight is 210 g/mol. The standard InChI is InChI=1S/C6H12N2O3S.H2O/c1-4(9)8-3-12-2-5(7)6(10)11;/h5H,2-3,7H2,1H3,(H,8,9)(H,10,11);1H2/t5-;/m1./s1. The molecule has 6 nitrogen and oxygen atoms in total. The Morgan fingerprint density at radius 3 is 2.54 bits per heavy atom. The van der Waals surface area contributed by atoms with Gasteiger partial charge in [0.1, 0.15) is 6.04 Å². The zero-order valence-corrected chi connectivity index (χ0v) is 8.06. The van der Waals surface area contributed by atoms with Crippen molar-refractivity contribution in [3.63, 3.8) is 0 Å². The van der Waals surface area contributed by atoms with Crippen molar-refractivity contribution in [1.82, 2.24) is 5.32 Å². The first-order chi connectivity index (χ1) is 5.54. The molecule has 0 unspecified atom stereocenters. The van der Waals surface area contributed by atoms with Gasteiger partial charge in [0, 0.05) is 12.7 Å². The maximum atomic E-state index is 10.4. The minimum Gasteiger partial charge on any atom is -0.480 e. The molecule has 0 heterocycles.